The average molecular weight is 365 g/mol. The first kappa shape index (κ1) is 17.0. The van der Waals surface area contributed by atoms with Gasteiger partial charge in [0, 0.05) is 30.1 Å². The quantitative estimate of drug-likeness (QED) is 0.721. The molecule has 138 valence electrons. The van der Waals surface area contributed by atoms with Crippen LogP contribution in [-0.4, -0.2) is 30.0 Å². The molecule has 1 amide bonds. The van der Waals surface area contributed by atoms with Gasteiger partial charge in [-0.3, -0.25) is 9.78 Å². The summed E-state index contributed by atoms with van der Waals surface area (Å²) in [4.78, 5) is 19.1. The first-order chi connectivity index (χ1) is 13.2. The van der Waals surface area contributed by atoms with Gasteiger partial charge in [-0.1, -0.05) is 0 Å². The maximum absolute atomic E-state index is 12.9. The van der Waals surface area contributed by atoms with Gasteiger partial charge in [-0.05, 0) is 24.3 Å². The third-order valence-electron chi connectivity index (χ3n) is 4.46. The molecule has 0 saturated carbocycles. The van der Waals surface area contributed by atoms with Crippen molar-refractivity contribution in [1.82, 2.24) is 9.88 Å². The van der Waals surface area contributed by atoms with Crippen LogP contribution >= 0.6 is 0 Å². The molecule has 0 aliphatic carbocycles. The molecule has 0 spiro atoms. The third kappa shape index (κ3) is 3.19. The van der Waals surface area contributed by atoms with Crippen molar-refractivity contribution in [1.29, 1.82) is 0 Å². The van der Waals surface area contributed by atoms with Crippen molar-refractivity contribution >= 4 is 11.6 Å². The van der Waals surface area contributed by atoms with E-state index in [1.54, 1.807) is 55.8 Å². The minimum Gasteiger partial charge on any atom is -0.497 e. The van der Waals surface area contributed by atoms with E-state index in [0.29, 0.717) is 35.1 Å². The fourth-order valence-corrected chi connectivity index (χ4v) is 3.16. The highest BCUT2D eigenvalue weighted by atomic mass is 16.5. The molecule has 0 radical (unpaired) electrons. The number of pyridine rings is 1. The average Bonchev–Trinajstić information content (AvgIpc) is 3.31. The number of carbonyl (C=O) groups excluding carboxylic acids is 1. The van der Waals surface area contributed by atoms with Crippen LogP contribution in [0.1, 0.15) is 28.0 Å². The predicted molar refractivity (Wildman–Crippen MR) is 98.7 cm³/mol. The number of amides is 1. The molecule has 27 heavy (non-hydrogen) atoms. The molecule has 1 atom stereocenters. The molecule has 0 saturated heterocycles. The topological polar surface area (TPSA) is 76.8 Å². The molecule has 0 bridgehead atoms. The summed E-state index contributed by atoms with van der Waals surface area (Å²) in [6, 6.07) is 12.7. The van der Waals surface area contributed by atoms with Gasteiger partial charge in [0.1, 0.15) is 23.4 Å². The molecule has 1 aliphatic heterocycles. The number of hydrogen-bond donors (Lipinski definition) is 1. The largest absolute Gasteiger partial charge is 0.497 e. The van der Waals surface area contributed by atoms with E-state index in [1.807, 2.05) is 18.2 Å². The van der Waals surface area contributed by atoms with E-state index in [2.05, 4.69) is 10.3 Å². The van der Waals surface area contributed by atoms with Crippen molar-refractivity contribution in [2.75, 3.05) is 19.5 Å². The molecule has 7 nitrogen and oxygen atoms in total. The summed E-state index contributed by atoms with van der Waals surface area (Å²) >= 11 is 0. The lowest BCUT2D eigenvalue weighted by molar-refractivity contribution is 0.0714. The van der Waals surface area contributed by atoms with Crippen LogP contribution in [0.3, 0.4) is 0 Å². The first-order valence-corrected chi connectivity index (χ1v) is 8.47. The predicted octanol–water partition coefficient (Wildman–Crippen LogP) is 3.46. The maximum atomic E-state index is 12.9. The first-order valence-electron chi connectivity index (χ1n) is 8.47. The lowest BCUT2D eigenvalue weighted by atomic mass is 10.2. The van der Waals surface area contributed by atoms with Crippen molar-refractivity contribution in [2.45, 2.75) is 12.7 Å². The van der Waals surface area contributed by atoms with Crippen molar-refractivity contribution in [3.8, 4) is 11.5 Å². The van der Waals surface area contributed by atoms with Crippen LogP contribution in [0.4, 0.5) is 5.69 Å². The van der Waals surface area contributed by atoms with Crippen LogP contribution in [0.25, 0.3) is 0 Å². The Kier molecular flexibility index (Phi) is 4.42. The Morgan fingerprint density at radius 1 is 1.15 bits per heavy atom. The second kappa shape index (κ2) is 7.03. The number of rotatable bonds is 6. The molecule has 1 unspecified atom stereocenters. The number of anilines is 1. The molecule has 1 aromatic carbocycles. The van der Waals surface area contributed by atoms with Crippen molar-refractivity contribution in [3.05, 3.63) is 71.9 Å². The number of hydrogen-bond acceptors (Lipinski definition) is 6. The lowest BCUT2D eigenvalue weighted by Crippen LogP contribution is -2.32. The minimum atomic E-state index is -0.435. The third-order valence-corrected chi connectivity index (χ3v) is 4.46. The van der Waals surface area contributed by atoms with E-state index in [-0.39, 0.29) is 5.91 Å². The highest BCUT2D eigenvalue weighted by Gasteiger charge is 2.38. The summed E-state index contributed by atoms with van der Waals surface area (Å²) in [5.74, 6) is 1.91. The summed E-state index contributed by atoms with van der Waals surface area (Å²) in [5.41, 5.74) is 2.01. The van der Waals surface area contributed by atoms with Crippen molar-refractivity contribution < 1.29 is 18.7 Å². The van der Waals surface area contributed by atoms with Gasteiger partial charge >= 0.3 is 0 Å². The summed E-state index contributed by atoms with van der Waals surface area (Å²) in [5, 5.41) is 3.38. The lowest BCUT2D eigenvalue weighted by Gasteiger charge is -2.26. The van der Waals surface area contributed by atoms with Crippen molar-refractivity contribution in [3.63, 3.8) is 0 Å². The van der Waals surface area contributed by atoms with Gasteiger partial charge in [0.15, 0.2) is 0 Å². The van der Waals surface area contributed by atoms with Crippen LogP contribution in [0, 0.1) is 0 Å². The zero-order chi connectivity index (χ0) is 18.8. The number of nitrogens with zero attached hydrogens (tertiary/aromatic N) is 2. The molecule has 7 heteroatoms. The Morgan fingerprint density at radius 2 is 1.93 bits per heavy atom. The second-order valence-electron chi connectivity index (χ2n) is 6.10. The number of aromatic nitrogens is 1. The van der Waals surface area contributed by atoms with Crippen LogP contribution in [0.15, 0.2) is 59.3 Å². The van der Waals surface area contributed by atoms with Gasteiger partial charge in [0.2, 0.25) is 0 Å². The Labute approximate surface area is 156 Å². The Balaban J connectivity index is 1.70. The van der Waals surface area contributed by atoms with Crippen molar-refractivity contribution in [2.24, 2.45) is 0 Å². The van der Waals surface area contributed by atoms with Crippen LogP contribution in [0.2, 0.25) is 0 Å². The summed E-state index contributed by atoms with van der Waals surface area (Å²) in [6.45, 7) is 0.334. The summed E-state index contributed by atoms with van der Waals surface area (Å²) in [7, 11) is 3.19. The molecule has 1 aliphatic rings. The Bertz CT molecular complexity index is 933. The van der Waals surface area contributed by atoms with E-state index in [1.165, 1.54) is 0 Å². The smallest absolute Gasteiger partial charge is 0.258 e. The van der Waals surface area contributed by atoms with E-state index in [4.69, 9.17) is 13.9 Å². The molecule has 4 rings (SSSR count). The normalized spacial score (nSPS) is 15.6. The summed E-state index contributed by atoms with van der Waals surface area (Å²) < 4.78 is 16.1. The van der Waals surface area contributed by atoms with Gasteiger partial charge < -0.3 is 24.1 Å². The molecular formula is C20H19N3O4. The van der Waals surface area contributed by atoms with Gasteiger partial charge in [-0.25, -0.2) is 0 Å². The molecule has 1 N–H and O–H groups in total. The van der Waals surface area contributed by atoms with Gasteiger partial charge in [-0.15, -0.1) is 0 Å². The number of carbonyl (C=O) groups is 1. The number of furan rings is 1. The standard InChI is InChI=1S/C20H19N3O4/c1-25-15-9-13(10-16(11-15)26-2)22-19-18-17(6-3-7-21-18)20(24)23(19)12-14-5-4-8-27-14/h3-11,19,22H,12H2,1-2H3. The van der Waals surface area contributed by atoms with E-state index < -0.39 is 6.17 Å². The molecule has 0 fully saturated rings. The van der Waals surface area contributed by atoms with E-state index in [0.717, 1.165) is 5.69 Å². The van der Waals surface area contributed by atoms with Crippen LogP contribution < -0.4 is 14.8 Å². The zero-order valence-corrected chi connectivity index (χ0v) is 15.0. The fraction of sp³-hybridized carbons (Fsp3) is 0.200. The molecular weight excluding hydrogens is 346 g/mol. The number of benzene rings is 1. The number of fused-ring (bicyclic) bond motifs is 1. The summed E-state index contributed by atoms with van der Waals surface area (Å²) in [6.07, 6.45) is 2.84. The minimum absolute atomic E-state index is 0.0955. The second-order valence-corrected chi connectivity index (χ2v) is 6.10. The van der Waals surface area contributed by atoms with Gasteiger partial charge in [0.05, 0.1) is 38.3 Å². The number of methoxy groups -OCH3 is 2. The zero-order valence-electron chi connectivity index (χ0n) is 15.0. The SMILES string of the molecule is COc1cc(NC2c3ncccc3C(=O)N2Cc2ccco2)cc(OC)c1. The monoisotopic (exact) mass is 365 g/mol. The highest BCUT2D eigenvalue weighted by Crippen LogP contribution is 2.36. The number of ether oxygens (including phenoxy) is 2. The molecule has 3 aromatic rings. The highest BCUT2D eigenvalue weighted by molar-refractivity contribution is 5.98. The Morgan fingerprint density at radius 3 is 2.59 bits per heavy atom. The molecule has 2 aromatic heterocycles. The van der Waals surface area contributed by atoms with Gasteiger partial charge in [-0.2, -0.15) is 0 Å². The fourth-order valence-electron chi connectivity index (χ4n) is 3.16. The van der Waals surface area contributed by atoms with Crippen LogP contribution in [0.5, 0.6) is 11.5 Å². The Hall–Kier alpha value is -3.48. The van der Waals surface area contributed by atoms with Crippen LogP contribution in [-0.2, 0) is 6.54 Å². The van der Waals surface area contributed by atoms with Gasteiger partial charge in [0.25, 0.3) is 5.91 Å². The molecule has 3 heterocycles. The van der Waals surface area contributed by atoms with E-state index >= 15 is 0 Å². The number of nitrogens with one attached hydrogen (secondary N) is 1. The van der Waals surface area contributed by atoms with E-state index in [9.17, 15) is 4.79 Å². The maximum Gasteiger partial charge on any atom is 0.258 e.